The summed E-state index contributed by atoms with van der Waals surface area (Å²) in [6, 6.07) is 0.885. The van der Waals surface area contributed by atoms with Crippen molar-refractivity contribution in [2.45, 2.75) is 38.0 Å². The quantitative estimate of drug-likeness (QED) is 0.797. The van der Waals surface area contributed by atoms with E-state index in [-0.39, 0.29) is 17.7 Å². The molecule has 1 aromatic rings. The Hall–Kier alpha value is -1.57. The summed E-state index contributed by atoms with van der Waals surface area (Å²) in [6.45, 7) is 0.401. The average molecular weight is 304 g/mol. The van der Waals surface area contributed by atoms with Crippen LogP contribution >= 0.6 is 0 Å². The lowest BCUT2D eigenvalue weighted by molar-refractivity contribution is -0.141. The molecular formula is C13H19F3N4O. The second kappa shape index (κ2) is 6.46. The van der Waals surface area contributed by atoms with E-state index in [1.54, 1.807) is 0 Å². The van der Waals surface area contributed by atoms with E-state index in [4.69, 9.17) is 0 Å². The molecule has 1 fully saturated rings. The second-order valence-electron chi connectivity index (χ2n) is 5.20. The van der Waals surface area contributed by atoms with Gasteiger partial charge in [-0.2, -0.15) is 18.2 Å². The number of alkyl halides is 3. The number of halogens is 3. The maximum Gasteiger partial charge on any atom is 0.433 e. The molecule has 2 atom stereocenters. The lowest BCUT2D eigenvalue weighted by atomic mass is 9.86. The number of anilines is 2. The minimum absolute atomic E-state index is 0.0427. The summed E-state index contributed by atoms with van der Waals surface area (Å²) in [5.74, 6) is 0.0667. The Morgan fingerprint density at radius 1 is 1.29 bits per heavy atom. The molecule has 2 unspecified atom stereocenters. The fourth-order valence-electron chi connectivity index (χ4n) is 2.46. The Morgan fingerprint density at radius 2 is 2.00 bits per heavy atom. The third-order valence-corrected chi connectivity index (χ3v) is 3.65. The minimum atomic E-state index is -4.52. The van der Waals surface area contributed by atoms with Crippen molar-refractivity contribution in [2.75, 3.05) is 24.2 Å². The summed E-state index contributed by atoms with van der Waals surface area (Å²) < 4.78 is 38.3. The number of nitrogens with one attached hydrogen (secondary N) is 2. The molecule has 118 valence electrons. The van der Waals surface area contributed by atoms with Crippen molar-refractivity contribution in [1.82, 2.24) is 9.97 Å². The molecule has 0 radical (unpaired) electrons. The van der Waals surface area contributed by atoms with E-state index in [9.17, 15) is 18.3 Å². The predicted molar refractivity (Wildman–Crippen MR) is 73.0 cm³/mol. The SMILES string of the molecule is CNc1nc(NCC2CCCCC2O)cc(C(F)(F)F)n1. The highest BCUT2D eigenvalue weighted by atomic mass is 19.4. The topological polar surface area (TPSA) is 70.1 Å². The van der Waals surface area contributed by atoms with Gasteiger partial charge in [-0.1, -0.05) is 12.8 Å². The van der Waals surface area contributed by atoms with E-state index < -0.39 is 18.0 Å². The van der Waals surface area contributed by atoms with Gasteiger partial charge in [0.25, 0.3) is 0 Å². The Labute approximate surface area is 121 Å². The maximum atomic E-state index is 12.8. The Balaban J connectivity index is 2.08. The van der Waals surface area contributed by atoms with Crippen LogP contribution in [0.2, 0.25) is 0 Å². The van der Waals surface area contributed by atoms with E-state index >= 15 is 0 Å². The van der Waals surface area contributed by atoms with Gasteiger partial charge in [-0.15, -0.1) is 0 Å². The van der Waals surface area contributed by atoms with Gasteiger partial charge in [0.2, 0.25) is 5.95 Å². The van der Waals surface area contributed by atoms with E-state index in [1.165, 1.54) is 7.05 Å². The monoisotopic (exact) mass is 304 g/mol. The van der Waals surface area contributed by atoms with Gasteiger partial charge in [-0.3, -0.25) is 0 Å². The highest BCUT2D eigenvalue weighted by Crippen LogP contribution is 2.30. The average Bonchev–Trinajstić information content (AvgIpc) is 2.45. The summed E-state index contributed by atoms with van der Waals surface area (Å²) in [7, 11) is 1.46. The van der Waals surface area contributed by atoms with Crippen LogP contribution in [-0.2, 0) is 6.18 Å². The molecule has 1 aromatic heterocycles. The molecule has 0 spiro atoms. The first kappa shape index (κ1) is 15.8. The molecule has 1 heterocycles. The lowest BCUT2D eigenvalue weighted by Crippen LogP contribution is -2.30. The summed E-state index contributed by atoms with van der Waals surface area (Å²) >= 11 is 0. The molecule has 21 heavy (non-hydrogen) atoms. The fourth-order valence-corrected chi connectivity index (χ4v) is 2.46. The van der Waals surface area contributed by atoms with Crippen molar-refractivity contribution in [3.8, 4) is 0 Å². The molecule has 1 saturated carbocycles. The second-order valence-corrected chi connectivity index (χ2v) is 5.20. The first-order valence-electron chi connectivity index (χ1n) is 6.96. The zero-order valence-corrected chi connectivity index (χ0v) is 11.7. The number of aliphatic hydroxyl groups excluding tert-OH is 1. The molecule has 0 aromatic carbocycles. The van der Waals surface area contributed by atoms with Crippen LogP contribution in [0.3, 0.4) is 0 Å². The van der Waals surface area contributed by atoms with Crippen molar-refractivity contribution in [1.29, 1.82) is 0 Å². The van der Waals surface area contributed by atoms with Gasteiger partial charge >= 0.3 is 6.18 Å². The maximum absolute atomic E-state index is 12.8. The summed E-state index contributed by atoms with van der Waals surface area (Å²) in [5, 5.41) is 15.3. The van der Waals surface area contributed by atoms with Crippen LogP contribution in [-0.4, -0.2) is 34.8 Å². The number of rotatable bonds is 4. The number of aromatic nitrogens is 2. The number of hydrogen-bond donors (Lipinski definition) is 3. The van der Waals surface area contributed by atoms with Crippen LogP contribution < -0.4 is 10.6 Å². The third-order valence-electron chi connectivity index (χ3n) is 3.65. The van der Waals surface area contributed by atoms with Crippen molar-refractivity contribution in [3.63, 3.8) is 0 Å². The van der Waals surface area contributed by atoms with E-state index in [2.05, 4.69) is 20.6 Å². The van der Waals surface area contributed by atoms with Gasteiger partial charge < -0.3 is 15.7 Å². The smallest absolute Gasteiger partial charge is 0.393 e. The molecule has 5 nitrogen and oxygen atoms in total. The number of hydrogen-bond acceptors (Lipinski definition) is 5. The van der Waals surface area contributed by atoms with Crippen LogP contribution in [0.1, 0.15) is 31.4 Å². The highest BCUT2D eigenvalue weighted by molar-refractivity contribution is 5.42. The Bertz CT molecular complexity index is 481. The molecule has 8 heteroatoms. The zero-order chi connectivity index (χ0) is 15.5. The van der Waals surface area contributed by atoms with Crippen LogP contribution in [0.4, 0.5) is 24.9 Å². The third kappa shape index (κ3) is 4.20. The van der Waals surface area contributed by atoms with Crippen LogP contribution in [0, 0.1) is 5.92 Å². The Kier molecular flexibility index (Phi) is 4.87. The highest BCUT2D eigenvalue weighted by Gasteiger charge is 2.33. The molecule has 2 rings (SSSR count). The molecule has 1 aliphatic rings. The van der Waals surface area contributed by atoms with Crippen LogP contribution in [0.15, 0.2) is 6.07 Å². The first-order chi connectivity index (χ1) is 9.90. The van der Waals surface area contributed by atoms with Crippen molar-refractivity contribution >= 4 is 11.8 Å². The number of nitrogens with zero attached hydrogens (tertiary/aromatic N) is 2. The van der Waals surface area contributed by atoms with Gasteiger partial charge in [-0.05, 0) is 12.8 Å². The van der Waals surface area contributed by atoms with Crippen LogP contribution in [0.25, 0.3) is 0 Å². The van der Waals surface area contributed by atoms with Gasteiger partial charge in [0.05, 0.1) is 6.10 Å². The molecular weight excluding hydrogens is 285 g/mol. The number of aliphatic hydroxyl groups is 1. The van der Waals surface area contributed by atoms with E-state index in [0.29, 0.717) is 6.54 Å². The van der Waals surface area contributed by atoms with Gasteiger partial charge in [0.15, 0.2) is 5.69 Å². The summed E-state index contributed by atoms with van der Waals surface area (Å²) in [5.41, 5.74) is -0.992. The molecule has 0 bridgehead atoms. The molecule has 0 aliphatic heterocycles. The van der Waals surface area contributed by atoms with Crippen molar-refractivity contribution < 1.29 is 18.3 Å². The van der Waals surface area contributed by atoms with Crippen molar-refractivity contribution in [3.05, 3.63) is 11.8 Å². The summed E-state index contributed by atoms with van der Waals surface area (Å²) in [6.07, 6.45) is -1.29. The first-order valence-corrected chi connectivity index (χ1v) is 6.96. The van der Waals surface area contributed by atoms with Gasteiger partial charge in [0, 0.05) is 25.6 Å². The standard InChI is InChI=1S/C13H19F3N4O/c1-17-12-19-10(13(14,15)16)6-11(20-12)18-7-8-4-2-3-5-9(8)21/h6,8-9,21H,2-5,7H2,1H3,(H2,17,18,19,20). The van der Waals surface area contributed by atoms with E-state index in [1.807, 2.05) is 0 Å². The Morgan fingerprint density at radius 3 is 2.62 bits per heavy atom. The summed E-state index contributed by atoms with van der Waals surface area (Å²) in [4.78, 5) is 7.36. The minimum Gasteiger partial charge on any atom is -0.393 e. The molecule has 0 saturated heterocycles. The molecule has 0 amide bonds. The van der Waals surface area contributed by atoms with Gasteiger partial charge in [0.1, 0.15) is 5.82 Å². The van der Waals surface area contributed by atoms with E-state index in [0.717, 1.165) is 31.7 Å². The lowest BCUT2D eigenvalue weighted by Gasteiger charge is -2.27. The largest absolute Gasteiger partial charge is 0.433 e. The normalized spacial score (nSPS) is 22.9. The van der Waals surface area contributed by atoms with Crippen LogP contribution in [0.5, 0.6) is 0 Å². The van der Waals surface area contributed by atoms with Crippen molar-refractivity contribution in [2.24, 2.45) is 5.92 Å². The fraction of sp³-hybridized carbons (Fsp3) is 0.692. The van der Waals surface area contributed by atoms with Gasteiger partial charge in [-0.25, -0.2) is 4.98 Å². The molecule has 3 N–H and O–H groups in total. The zero-order valence-electron chi connectivity index (χ0n) is 11.7. The predicted octanol–water partition coefficient (Wildman–Crippen LogP) is 2.50. The molecule has 1 aliphatic carbocycles.